The molecule has 5 rings (SSSR count). The zero-order valence-corrected chi connectivity index (χ0v) is 33.1. The number of rotatable bonds is 20. The fourth-order valence-electron chi connectivity index (χ4n) is 6.59. The largest absolute Gasteiger partial charge is 0.469 e. The van der Waals surface area contributed by atoms with E-state index in [1.165, 1.54) is 21.9 Å². The predicted molar refractivity (Wildman–Crippen MR) is 200 cm³/mol. The monoisotopic (exact) mass is 859 g/mol. The summed E-state index contributed by atoms with van der Waals surface area (Å²) in [7, 11) is -10.4. The number of hydrogen-bond donors (Lipinski definition) is 7. The van der Waals surface area contributed by atoms with Crippen molar-refractivity contribution in [2.75, 3.05) is 37.8 Å². The highest BCUT2D eigenvalue weighted by atomic mass is 31.2. The molecule has 320 valence electrons. The van der Waals surface area contributed by atoms with Crippen LogP contribution < -0.4 is 17.2 Å². The minimum atomic E-state index is -5.23. The Bertz CT molecular complexity index is 2080. The molecule has 9 N–H and O–H groups in total. The summed E-state index contributed by atoms with van der Waals surface area (Å²) in [5, 5.41) is 22.9. The first-order chi connectivity index (χ1) is 27.4. The molecule has 58 heavy (non-hydrogen) atoms. The van der Waals surface area contributed by atoms with E-state index in [2.05, 4.69) is 31.0 Å². The van der Waals surface area contributed by atoms with Gasteiger partial charge in [-0.2, -0.15) is 4.98 Å². The fraction of sp³-hybridized carbons (Fsp3) is 0.594. The van der Waals surface area contributed by atoms with Crippen LogP contribution in [0.3, 0.4) is 0 Å². The normalized spacial score (nSPS) is 25.8. The van der Waals surface area contributed by atoms with Gasteiger partial charge in [0, 0.05) is 19.2 Å². The first-order valence-electron chi connectivity index (χ1n) is 18.2. The fourth-order valence-corrected chi connectivity index (χ4v) is 8.58. The Balaban J connectivity index is 1.41. The average Bonchev–Trinajstić information content (AvgIpc) is 3.83. The standard InChI is InChI=1S/C32H47N9O15P2/c1-3-5-7-8-11-39(21(42)9-6-4-2)13-22(43)56-26-18(54-30(24(26)44)41-17-37-23-28(34)35-16-36-29(23)41)14-52-57(47,48)27-19(15-53-58(49,50)51)55-31(25(27)45)40-12-10-20(33)38-32(40)46/h4,10,12,16-19,24-27,30-31,44-45H,2-3,5-9,11,13-15H2,1H3,(H,47,48)(H2,33,38,46)(H2,34,35,36)(H2,49,50,51)/t18-,19?,24-,25-,26-,27-,30-,31-/m1/s1. The number of nitrogen functional groups attached to an aromatic ring is 2. The number of anilines is 2. The van der Waals surface area contributed by atoms with E-state index in [4.69, 9.17) is 30.2 Å². The van der Waals surface area contributed by atoms with Crippen molar-refractivity contribution in [2.24, 2.45) is 0 Å². The van der Waals surface area contributed by atoms with Gasteiger partial charge in [-0.15, -0.1) is 6.58 Å². The smallest absolute Gasteiger partial charge is 0.455 e. The number of hydrogen-bond acceptors (Lipinski definition) is 18. The van der Waals surface area contributed by atoms with Gasteiger partial charge in [-0.1, -0.05) is 32.3 Å². The zero-order chi connectivity index (χ0) is 42.4. The molecule has 3 aromatic heterocycles. The third kappa shape index (κ3) is 10.7. The number of nitrogens with zero attached hydrogens (tertiary/aromatic N) is 7. The number of allylic oxidation sites excluding steroid dienone is 1. The molecule has 0 bridgehead atoms. The minimum Gasteiger partial charge on any atom is -0.455 e. The van der Waals surface area contributed by atoms with Crippen LogP contribution in [-0.4, -0.2) is 133 Å². The molecular formula is C32H47N9O15P2. The van der Waals surface area contributed by atoms with E-state index in [0.717, 1.165) is 36.4 Å². The molecule has 0 aromatic carbocycles. The van der Waals surface area contributed by atoms with Crippen LogP contribution in [0, 0.1) is 0 Å². The van der Waals surface area contributed by atoms with Crippen LogP contribution in [0.4, 0.5) is 11.6 Å². The lowest BCUT2D eigenvalue weighted by Gasteiger charge is -2.27. The number of amides is 1. The van der Waals surface area contributed by atoms with Crippen LogP contribution >= 0.6 is 15.4 Å². The van der Waals surface area contributed by atoms with Crippen molar-refractivity contribution in [1.82, 2.24) is 34.0 Å². The molecule has 5 heterocycles. The van der Waals surface area contributed by atoms with Crippen LogP contribution in [-0.2, 0) is 42.0 Å². The molecule has 0 aliphatic carbocycles. The lowest BCUT2D eigenvalue weighted by Crippen LogP contribution is -2.43. The third-order valence-corrected chi connectivity index (χ3v) is 11.8. The zero-order valence-electron chi connectivity index (χ0n) is 31.3. The number of phosphoric ester groups is 1. The second kappa shape index (κ2) is 19.3. The number of ether oxygens (including phenoxy) is 3. The quantitative estimate of drug-likeness (QED) is 0.0333. The molecule has 2 fully saturated rings. The first kappa shape index (κ1) is 44.9. The first-order valence-corrected chi connectivity index (χ1v) is 21.3. The van der Waals surface area contributed by atoms with Gasteiger partial charge in [0.15, 0.2) is 30.0 Å². The Kier molecular flexibility index (Phi) is 14.9. The van der Waals surface area contributed by atoms with Crippen LogP contribution in [0.2, 0.25) is 0 Å². The molecule has 2 aliphatic heterocycles. The maximum Gasteiger partial charge on any atom is 0.469 e. The molecule has 2 saturated heterocycles. The predicted octanol–water partition coefficient (Wildman–Crippen LogP) is -0.269. The number of carbonyl (C=O) groups excluding carboxylic acids is 2. The number of esters is 1. The second-order valence-corrected chi connectivity index (χ2v) is 16.8. The van der Waals surface area contributed by atoms with Gasteiger partial charge in [-0.3, -0.25) is 27.8 Å². The molecule has 24 nitrogen and oxygen atoms in total. The summed E-state index contributed by atoms with van der Waals surface area (Å²) in [6.45, 7) is 3.44. The molecule has 2 aliphatic rings. The summed E-state index contributed by atoms with van der Waals surface area (Å²) in [4.78, 5) is 86.2. The second-order valence-electron chi connectivity index (χ2n) is 13.5. The number of phosphoric acid groups is 1. The van der Waals surface area contributed by atoms with Crippen molar-refractivity contribution in [2.45, 2.75) is 94.1 Å². The van der Waals surface area contributed by atoms with Crippen molar-refractivity contribution in [3.05, 3.63) is 48.1 Å². The van der Waals surface area contributed by atoms with E-state index in [-0.39, 0.29) is 41.7 Å². The Morgan fingerprint density at radius 2 is 1.71 bits per heavy atom. The number of nitrogens with two attached hydrogens (primary N) is 2. The van der Waals surface area contributed by atoms with Crippen LogP contribution in [0.5, 0.6) is 0 Å². The number of carbonyl (C=O) groups is 2. The molecule has 1 amide bonds. The number of unbranched alkanes of at least 4 members (excludes halogenated alkanes) is 3. The Labute approximate surface area is 330 Å². The Morgan fingerprint density at radius 1 is 1.00 bits per heavy atom. The molecule has 0 spiro atoms. The summed E-state index contributed by atoms with van der Waals surface area (Å²) in [5.41, 5.74) is 8.70. The minimum absolute atomic E-state index is 0.00501. The van der Waals surface area contributed by atoms with E-state index in [1.54, 1.807) is 6.08 Å². The van der Waals surface area contributed by atoms with E-state index in [1.807, 2.05) is 6.92 Å². The van der Waals surface area contributed by atoms with Crippen LogP contribution in [0.1, 0.15) is 57.9 Å². The molecule has 3 aromatic rings. The van der Waals surface area contributed by atoms with E-state index >= 15 is 0 Å². The van der Waals surface area contributed by atoms with Gasteiger partial charge in [0.05, 0.1) is 19.5 Å². The van der Waals surface area contributed by atoms with Crippen LogP contribution in [0.15, 0.2) is 42.4 Å². The summed E-state index contributed by atoms with van der Waals surface area (Å²) in [5.74, 6) is -1.46. The van der Waals surface area contributed by atoms with Gasteiger partial charge in [-0.05, 0) is 18.9 Å². The van der Waals surface area contributed by atoms with Gasteiger partial charge in [0.2, 0.25) is 5.91 Å². The highest BCUT2D eigenvalue weighted by Crippen LogP contribution is 2.56. The van der Waals surface area contributed by atoms with Crippen molar-refractivity contribution < 1.29 is 66.9 Å². The summed E-state index contributed by atoms with van der Waals surface area (Å²) < 4.78 is 55.0. The van der Waals surface area contributed by atoms with Crippen molar-refractivity contribution >= 4 is 50.1 Å². The molecular weight excluding hydrogens is 812 g/mol. The number of aliphatic hydroxyl groups excluding tert-OH is 2. The molecule has 26 heteroatoms. The lowest BCUT2D eigenvalue weighted by molar-refractivity contribution is -0.160. The van der Waals surface area contributed by atoms with Gasteiger partial charge < -0.3 is 60.0 Å². The third-order valence-electron chi connectivity index (χ3n) is 9.43. The van der Waals surface area contributed by atoms with Crippen molar-refractivity contribution in [3.8, 4) is 0 Å². The number of fused-ring (bicyclic) bond motifs is 1. The highest BCUT2D eigenvalue weighted by Gasteiger charge is 2.56. The summed E-state index contributed by atoms with van der Waals surface area (Å²) in [6, 6.07) is 1.17. The van der Waals surface area contributed by atoms with Gasteiger partial charge in [-0.25, -0.2) is 24.3 Å². The molecule has 0 saturated carbocycles. The SMILES string of the molecule is C=CCCC(=O)N(CCCCCC)CC(=O)O[C@H]1[C@@H](O)[C@H](n2cnc3c(N)ncnc32)O[C@@H]1COP(=O)(O)[C@@H]1C(COP(=O)(O)O)O[C@@H](n2ccc(N)nc2=O)[C@@H]1O. The molecule has 2 unspecified atom stereocenters. The van der Waals surface area contributed by atoms with Crippen molar-refractivity contribution in [3.63, 3.8) is 0 Å². The van der Waals surface area contributed by atoms with Crippen molar-refractivity contribution in [1.29, 1.82) is 0 Å². The Morgan fingerprint density at radius 3 is 2.40 bits per heavy atom. The van der Waals surface area contributed by atoms with Gasteiger partial charge in [0.25, 0.3) is 0 Å². The number of aliphatic hydroxyl groups is 2. The van der Waals surface area contributed by atoms with E-state index in [0.29, 0.717) is 12.8 Å². The van der Waals surface area contributed by atoms with E-state index < -0.39 is 95.5 Å². The average molecular weight is 860 g/mol. The lowest BCUT2D eigenvalue weighted by atomic mass is 10.1. The Hall–Kier alpha value is -4.19. The van der Waals surface area contributed by atoms with Gasteiger partial charge in [0.1, 0.15) is 54.3 Å². The summed E-state index contributed by atoms with van der Waals surface area (Å²) in [6.07, 6.45) is -3.08. The number of imidazole rings is 1. The summed E-state index contributed by atoms with van der Waals surface area (Å²) >= 11 is 0. The van der Waals surface area contributed by atoms with E-state index in [9.17, 15) is 48.4 Å². The molecule has 9 atom stereocenters. The van der Waals surface area contributed by atoms with Gasteiger partial charge >= 0.3 is 27.1 Å². The number of aromatic nitrogens is 6. The highest BCUT2D eigenvalue weighted by molar-refractivity contribution is 7.53. The topological polar surface area (TPSA) is 349 Å². The van der Waals surface area contributed by atoms with Crippen LogP contribution in [0.25, 0.3) is 11.2 Å². The maximum atomic E-state index is 14.0. The molecule has 0 radical (unpaired) electrons. The maximum absolute atomic E-state index is 14.0.